The summed E-state index contributed by atoms with van der Waals surface area (Å²) in [6.07, 6.45) is 1.86. The third kappa shape index (κ3) is 6.51. The molecule has 1 aliphatic heterocycles. The highest BCUT2D eigenvalue weighted by molar-refractivity contribution is 5.79. The standard InChI is InChI=1S/C22H31N3O4/c1-3-23-22(25-13-19(26)20-5-4-9-28-20)24-12-18-7-6-16(2)11-21(18)29-15-17-8-10-27-14-17/h4-7,9,11,17,19,26H,3,8,10,12-15H2,1-2H3,(H2,23,24,25). The van der Waals surface area contributed by atoms with E-state index in [4.69, 9.17) is 13.9 Å². The van der Waals surface area contributed by atoms with Crippen LogP contribution < -0.4 is 15.4 Å². The Kier molecular flexibility index (Phi) is 7.95. The topological polar surface area (TPSA) is 88.3 Å². The molecule has 0 radical (unpaired) electrons. The Balaban J connectivity index is 1.61. The van der Waals surface area contributed by atoms with Crippen molar-refractivity contribution in [1.82, 2.24) is 10.6 Å². The van der Waals surface area contributed by atoms with Crippen LogP contribution in [0.15, 0.2) is 46.0 Å². The van der Waals surface area contributed by atoms with E-state index in [2.05, 4.69) is 40.7 Å². The lowest BCUT2D eigenvalue weighted by molar-refractivity contribution is 0.153. The normalized spacial score (nSPS) is 17.9. The highest BCUT2D eigenvalue weighted by Crippen LogP contribution is 2.23. The smallest absolute Gasteiger partial charge is 0.191 e. The summed E-state index contributed by atoms with van der Waals surface area (Å²) < 4.78 is 16.8. The number of aliphatic imine (C=N–C) groups is 1. The zero-order valence-electron chi connectivity index (χ0n) is 17.2. The Morgan fingerprint density at radius 3 is 2.97 bits per heavy atom. The number of rotatable bonds is 9. The lowest BCUT2D eigenvalue weighted by atomic mass is 10.1. The number of nitrogens with zero attached hydrogens (tertiary/aromatic N) is 1. The zero-order chi connectivity index (χ0) is 20.5. The lowest BCUT2D eigenvalue weighted by Crippen LogP contribution is -2.39. The number of furan rings is 1. The first-order valence-corrected chi connectivity index (χ1v) is 10.2. The maximum absolute atomic E-state index is 10.2. The molecule has 158 valence electrons. The highest BCUT2D eigenvalue weighted by Gasteiger charge is 2.17. The van der Waals surface area contributed by atoms with Gasteiger partial charge in [0, 0.05) is 24.6 Å². The molecule has 2 atom stereocenters. The Morgan fingerprint density at radius 1 is 1.34 bits per heavy atom. The van der Waals surface area contributed by atoms with Crippen molar-refractivity contribution in [1.29, 1.82) is 0 Å². The minimum atomic E-state index is -0.735. The van der Waals surface area contributed by atoms with Gasteiger partial charge in [0.2, 0.25) is 0 Å². The summed E-state index contributed by atoms with van der Waals surface area (Å²) in [4.78, 5) is 4.66. The van der Waals surface area contributed by atoms with E-state index in [0.29, 0.717) is 37.3 Å². The van der Waals surface area contributed by atoms with Crippen LogP contribution in [0.5, 0.6) is 5.75 Å². The van der Waals surface area contributed by atoms with Gasteiger partial charge in [0.1, 0.15) is 17.6 Å². The summed E-state index contributed by atoms with van der Waals surface area (Å²) in [5, 5.41) is 16.6. The van der Waals surface area contributed by atoms with Crippen LogP contribution >= 0.6 is 0 Å². The first-order valence-electron chi connectivity index (χ1n) is 10.2. The second kappa shape index (κ2) is 10.9. The fraction of sp³-hybridized carbons (Fsp3) is 0.500. The molecule has 0 saturated carbocycles. The van der Waals surface area contributed by atoms with Gasteiger partial charge in [-0.25, -0.2) is 4.99 Å². The summed E-state index contributed by atoms with van der Waals surface area (Å²) in [5.41, 5.74) is 2.18. The van der Waals surface area contributed by atoms with Gasteiger partial charge in [0.05, 0.1) is 32.6 Å². The van der Waals surface area contributed by atoms with Crippen LogP contribution in [0.3, 0.4) is 0 Å². The number of hydrogen-bond donors (Lipinski definition) is 3. The van der Waals surface area contributed by atoms with Crippen molar-refractivity contribution in [2.75, 3.05) is 32.9 Å². The number of aliphatic hydroxyl groups excluding tert-OH is 1. The molecule has 0 bridgehead atoms. The monoisotopic (exact) mass is 401 g/mol. The van der Waals surface area contributed by atoms with Gasteiger partial charge >= 0.3 is 0 Å². The fourth-order valence-electron chi connectivity index (χ4n) is 3.13. The Morgan fingerprint density at radius 2 is 2.24 bits per heavy atom. The molecule has 2 aromatic rings. The molecule has 7 heteroatoms. The van der Waals surface area contributed by atoms with Crippen LogP contribution in [0.2, 0.25) is 0 Å². The maximum Gasteiger partial charge on any atom is 0.191 e. The van der Waals surface area contributed by atoms with Crippen molar-refractivity contribution in [3.8, 4) is 5.75 Å². The molecule has 29 heavy (non-hydrogen) atoms. The molecule has 0 aliphatic carbocycles. The Hall–Kier alpha value is -2.51. The van der Waals surface area contributed by atoms with Crippen molar-refractivity contribution < 1.29 is 19.0 Å². The molecule has 1 aromatic carbocycles. The van der Waals surface area contributed by atoms with Gasteiger partial charge in [-0.1, -0.05) is 12.1 Å². The fourth-order valence-corrected chi connectivity index (χ4v) is 3.13. The molecule has 1 aliphatic rings. The first-order chi connectivity index (χ1) is 14.2. The number of guanidine groups is 1. The van der Waals surface area contributed by atoms with E-state index in [1.807, 2.05) is 6.92 Å². The van der Waals surface area contributed by atoms with Gasteiger partial charge in [-0.3, -0.25) is 0 Å². The van der Waals surface area contributed by atoms with E-state index >= 15 is 0 Å². The van der Waals surface area contributed by atoms with E-state index in [1.54, 1.807) is 18.4 Å². The van der Waals surface area contributed by atoms with Crippen molar-refractivity contribution >= 4 is 5.96 Å². The number of aliphatic hydroxyl groups is 1. The van der Waals surface area contributed by atoms with E-state index < -0.39 is 6.10 Å². The summed E-state index contributed by atoms with van der Waals surface area (Å²) in [5.74, 6) is 2.48. The molecular weight excluding hydrogens is 370 g/mol. The summed E-state index contributed by atoms with van der Waals surface area (Å²) in [7, 11) is 0. The molecule has 2 unspecified atom stereocenters. The van der Waals surface area contributed by atoms with E-state index in [-0.39, 0.29) is 0 Å². The summed E-state index contributed by atoms with van der Waals surface area (Å²) >= 11 is 0. The summed E-state index contributed by atoms with van der Waals surface area (Å²) in [6.45, 7) is 7.81. The largest absolute Gasteiger partial charge is 0.493 e. The number of hydrogen-bond acceptors (Lipinski definition) is 5. The zero-order valence-corrected chi connectivity index (χ0v) is 17.2. The second-order valence-electron chi connectivity index (χ2n) is 7.26. The Bertz CT molecular complexity index is 770. The van der Waals surface area contributed by atoms with Crippen molar-refractivity contribution in [3.05, 3.63) is 53.5 Å². The van der Waals surface area contributed by atoms with E-state index in [9.17, 15) is 5.11 Å². The van der Waals surface area contributed by atoms with E-state index in [1.165, 1.54) is 0 Å². The average molecular weight is 402 g/mol. The Labute approximate surface area is 172 Å². The molecule has 3 N–H and O–H groups in total. The van der Waals surface area contributed by atoms with E-state index in [0.717, 1.165) is 43.1 Å². The summed E-state index contributed by atoms with van der Waals surface area (Å²) in [6, 6.07) is 9.69. The predicted octanol–water partition coefficient (Wildman–Crippen LogP) is 2.79. The third-order valence-corrected chi connectivity index (χ3v) is 4.81. The van der Waals surface area contributed by atoms with Gasteiger partial charge in [0.15, 0.2) is 5.96 Å². The molecule has 1 fully saturated rings. The van der Waals surface area contributed by atoms with Crippen LogP contribution in [0, 0.1) is 12.8 Å². The molecule has 3 rings (SSSR count). The third-order valence-electron chi connectivity index (χ3n) is 4.81. The first kappa shape index (κ1) is 21.2. The predicted molar refractivity (Wildman–Crippen MR) is 112 cm³/mol. The maximum atomic E-state index is 10.2. The highest BCUT2D eigenvalue weighted by atomic mass is 16.5. The molecule has 0 spiro atoms. The molecule has 1 saturated heterocycles. The minimum Gasteiger partial charge on any atom is -0.493 e. The van der Waals surface area contributed by atoms with Gasteiger partial charge in [-0.05, 0) is 44.0 Å². The molecular formula is C22H31N3O4. The van der Waals surface area contributed by atoms with Crippen LogP contribution in [0.1, 0.15) is 36.3 Å². The molecule has 0 amide bonds. The van der Waals surface area contributed by atoms with Gasteiger partial charge < -0.3 is 29.6 Å². The SMILES string of the molecule is CCNC(=NCc1ccc(C)cc1OCC1CCOC1)NCC(O)c1ccco1. The van der Waals surface area contributed by atoms with Crippen molar-refractivity contribution in [2.45, 2.75) is 32.9 Å². The molecule has 2 heterocycles. The van der Waals surface area contributed by atoms with Crippen LogP contribution in [-0.2, 0) is 11.3 Å². The van der Waals surface area contributed by atoms with Crippen molar-refractivity contribution in [2.24, 2.45) is 10.9 Å². The van der Waals surface area contributed by atoms with Crippen LogP contribution in [0.4, 0.5) is 0 Å². The number of ether oxygens (including phenoxy) is 2. The minimum absolute atomic E-state index is 0.304. The van der Waals surface area contributed by atoms with Gasteiger partial charge in [-0.2, -0.15) is 0 Å². The second-order valence-corrected chi connectivity index (χ2v) is 7.26. The van der Waals surface area contributed by atoms with Crippen molar-refractivity contribution in [3.63, 3.8) is 0 Å². The number of aryl methyl sites for hydroxylation is 1. The number of benzene rings is 1. The quantitative estimate of drug-likeness (QED) is 0.442. The molecule has 7 nitrogen and oxygen atoms in total. The molecule has 1 aromatic heterocycles. The van der Waals surface area contributed by atoms with Gasteiger partial charge in [-0.15, -0.1) is 0 Å². The lowest BCUT2D eigenvalue weighted by Gasteiger charge is -2.16. The average Bonchev–Trinajstić information content (AvgIpc) is 3.43. The van der Waals surface area contributed by atoms with Crippen LogP contribution in [0.25, 0.3) is 0 Å². The number of nitrogens with one attached hydrogen (secondary N) is 2. The van der Waals surface area contributed by atoms with Gasteiger partial charge in [0.25, 0.3) is 0 Å². The van der Waals surface area contributed by atoms with Crippen LogP contribution in [-0.4, -0.2) is 44.0 Å².